The number of benzene rings is 1. The van der Waals surface area contributed by atoms with Crippen LogP contribution >= 0.6 is 0 Å². The number of ether oxygens (including phenoxy) is 2. The van der Waals surface area contributed by atoms with Gasteiger partial charge in [-0.15, -0.1) is 0 Å². The van der Waals surface area contributed by atoms with Crippen molar-refractivity contribution in [1.82, 2.24) is 10.6 Å². The summed E-state index contributed by atoms with van der Waals surface area (Å²) >= 11 is 0. The summed E-state index contributed by atoms with van der Waals surface area (Å²) in [5.74, 6) is 0.460. The minimum absolute atomic E-state index is 0.231. The molecular formula is C20H28N2O4. The minimum atomic E-state index is -0.610. The fourth-order valence-corrected chi connectivity index (χ4v) is 2.69. The van der Waals surface area contributed by atoms with Gasteiger partial charge in [-0.3, -0.25) is 0 Å². The second-order valence-electron chi connectivity index (χ2n) is 6.80. The van der Waals surface area contributed by atoms with Crippen LogP contribution in [-0.4, -0.2) is 25.2 Å². The molecule has 0 aromatic heterocycles. The van der Waals surface area contributed by atoms with E-state index in [4.69, 9.17) is 9.47 Å². The Labute approximate surface area is 154 Å². The third-order valence-electron chi connectivity index (χ3n) is 4.02. The van der Waals surface area contributed by atoms with Crippen LogP contribution in [0.4, 0.5) is 4.79 Å². The lowest BCUT2D eigenvalue weighted by Gasteiger charge is -2.29. The summed E-state index contributed by atoms with van der Waals surface area (Å²) in [6.07, 6.45) is 1.96. The van der Waals surface area contributed by atoms with Crippen molar-refractivity contribution in [3.8, 4) is 5.75 Å². The van der Waals surface area contributed by atoms with E-state index in [0.717, 1.165) is 18.4 Å². The van der Waals surface area contributed by atoms with E-state index < -0.39 is 12.0 Å². The lowest BCUT2D eigenvalue weighted by atomic mass is 9.95. The van der Waals surface area contributed by atoms with Crippen LogP contribution in [0.3, 0.4) is 0 Å². The highest BCUT2D eigenvalue weighted by molar-refractivity contribution is 5.95. The van der Waals surface area contributed by atoms with Crippen LogP contribution in [0.25, 0.3) is 0 Å². The van der Waals surface area contributed by atoms with E-state index in [2.05, 4.69) is 17.6 Å². The largest absolute Gasteiger partial charge is 0.493 e. The van der Waals surface area contributed by atoms with Crippen molar-refractivity contribution in [2.24, 2.45) is 5.92 Å². The molecule has 0 saturated heterocycles. The Morgan fingerprint density at radius 3 is 2.69 bits per heavy atom. The number of unbranched alkanes of at least 4 members (excludes halogenated alkanes) is 1. The van der Waals surface area contributed by atoms with Crippen LogP contribution in [-0.2, 0) is 9.53 Å². The van der Waals surface area contributed by atoms with Crippen molar-refractivity contribution in [1.29, 1.82) is 0 Å². The van der Waals surface area contributed by atoms with Gasteiger partial charge in [-0.2, -0.15) is 0 Å². The molecule has 1 aliphatic heterocycles. The average molecular weight is 360 g/mol. The molecule has 0 bridgehead atoms. The van der Waals surface area contributed by atoms with Crippen LogP contribution in [0.5, 0.6) is 5.75 Å². The maximum atomic E-state index is 12.7. The first kappa shape index (κ1) is 19.8. The molecule has 1 aliphatic rings. The molecule has 6 heteroatoms. The van der Waals surface area contributed by atoms with E-state index in [1.54, 1.807) is 6.92 Å². The van der Waals surface area contributed by atoms with Gasteiger partial charge in [0.25, 0.3) is 0 Å². The van der Waals surface area contributed by atoms with Crippen molar-refractivity contribution in [3.63, 3.8) is 0 Å². The summed E-state index contributed by atoms with van der Waals surface area (Å²) in [6, 6.07) is 6.49. The van der Waals surface area contributed by atoms with Gasteiger partial charge >= 0.3 is 12.0 Å². The van der Waals surface area contributed by atoms with Gasteiger partial charge in [0.1, 0.15) is 5.75 Å². The summed E-state index contributed by atoms with van der Waals surface area (Å²) in [5.41, 5.74) is 1.64. The smallest absolute Gasteiger partial charge is 0.338 e. The van der Waals surface area contributed by atoms with Crippen molar-refractivity contribution < 1.29 is 19.1 Å². The summed E-state index contributed by atoms with van der Waals surface area (Å²) in [6.45, 7) is 8.66. The second-order valence-corrected chi connectivity index (χ2v) is 6.80. The molecule has 2 rings (SSSR count). The summed E-state index contributed by atoms with van der Waals surface area (Å²) in [5, 5.41) is 5.48. The van der Waals surface area contributed by atoms with Gasteiger partial charge in [0.05, 0.1) is 24.8 Å². The Kier molecular flexibility index (Phi) is 7.06. The average Bonchev–Trinajstić information content (AvgIpc) is 2.59. The normalized spacial score (nSPS) is 17.0. The molecule has 0 aliphatic carbocycles. The Bertz CT molecular complexity index is 682. The van der Waals surface area contributed by atoms with Crippen molar-refractivity contribution in [2.45, 2.75) is 46.6 Å². The Morgan fingerprint density at radius 1 is 1.27 bits per heavy atom. The van der Waals surface area contributed by atoms with Crippen molar-refractivity contribution >= 4 is 12.0 Å². The highest BCUT2D eigenvalue weighted by atomic mass is 16.5. The van der Waals surface area contributed by atoms with Gasteiger partial charge < -0.3 is 20.1 Å². The predicted molar refractivity (Wildman–Crippen MR) is 99.8 cm³/mol. The SMILES string of the molecule is CCCCOc1ccccc1C1NC(=O)NC(C)=C1C(=O)OCC(C)C. The van der Waals surface area contributed by atoms with Crippen LogP contribution in [0.2, 0.25) is 0 Å². The number of hydrogen-bond donors (Lipinski definition) is 2. The number of amides is 2. The molecule has 26 heavy (non-hydrogen) atoms. The lowest BCUT2D eigenvalue weighted by Crippen LogP contribution is -2.45. The number of rotatable bonds is 8. The fraction of sp³-hybridized carbons (Fsp3) is 0.500. The highest BCUT2D eigenvalue weighted by Gasteiger charge is 2.33. The minimum Gasteiger partial charge on any atom is -0.493 e. The van der Waals surface area contributed by atoms with Gasteiger partial charge in [-0.25, -0.2) is 9.59 Å². The maximum absolute atomic E-state index is 12.7. The van der Waals surface area contributed by atoms with Crippen molar-refractivity contribution in [2.75, 3.05) is 13.2 Å². The van der Waals surface area contributed by atoms with Gasteiger partial charge in [0.2, 0.25) is 0 Å². The molecular weight excluding hydrogens is 332 g/mol. The van der Waals surface area contributed by atoms with Gasteiger partial charge in [0, 0.05) is 11.3 Å². The Balaban J connectivity index is 2.34. The molecule has 2 amide bonds. The number of carbonyl (C=O) groups excluding carboxylic acids is 2. The second kappa shape index (κ2) is 9.27. The molecule has 6 nitrogen and oxygen atoms in total. The topological polar surface area (TPSA) is 76.7 Å². The van der Waals surface area contributed by atoms with E-state index >= 15 is 0 Å². The van der Waals surface area contributed by atoms with Crippen molar-refractivity contribution in [3.05, 3.63) is 41.1 Å². The molecule has 0 fully saturated rings. The molecule has 0 spiro atoms. The first-order valence-corrected chi connectivity index (χ1v) is 9.11. The van der Waals surface area contributed by atoms with Crippen LogP contribution < -0.4 is 15.4 Å². The number of esters is 1. The van der Waals surface area contributed by atoms with Crippen LogP contribution in [0.15, 0.2) is 35.5 Å². The third-order valence-corrected chi connectivity index (χ3v) is 4.02. The lowest BCUT2D eigenvalue weighted by molar-refractivity contribution is -0.140. The predicted octanol–water partition coefficient (Wildman–Crippen LogP) is 3.69. The first-order chi connectivity index (χ1) is 12.4. The zero-order valence-electron chi connectivity index (χ0n) is 15.9. The molecule has 1 unspecified atom stereocenters. The number of nitrogens with one attached hydrogen (secondary N) is 2. The monoisotopic (exact) mass is 360 g/mol. The Hall–Kier alpha value is -2.50. The molecule has 1 heterocycles. The molecule has 0 saturated carbocycles. The molecule has 1 aromatic rings. The molecule has 2 N–H and O–H groups in total. The summed E-state index contributed by atoms with van der Waals surface area (Å²) < 4.78 is 11.3. The number of para-hydroxylation sites is 1. The highest BCUT2D eigenvalue weighted by Crippen LogP contribution is 2.33. The molecule has 142 valence electrons. The third kappa shape index (κ3) is 5.00. The van der Waals surface area contributed by atoms with E-state index in [1.807, 2.05) is 38.1 Å². The summed E-state index contributed by atoms with van der Waals surface area (Å²) in [7, 11) is 0. The van der Waals surface area contributed by atoms with E-state index in [-0.39, 0.29) is 11.9 Å². The number of allylic oxidation sites excluding steroid dienone is 1. The Morgan fingerprint density at radius 2 is 2.00 bits per heavy atom. The number of urea groups is 1. The van der Waals surface area contributed by atoms with Gasteiger partial charge in [0.15, 0.2) is 0 Å². The molecule has 0 radical (unpaired) electrons. The van der Waals surface area contributed by atoms with E-state index in [9.17, 15) is 9.59 Å². The van der Waals surface area contributed by atoms with E-state index in [0.29, 0.717) is 30.2 Å². The molecule has 1 aromatic carbocycles. The maximum Gasteiger partial charge on any atom is 0.338 e. The standard InChI is InChI=1S/C20H28N2O4/c1-5-6-11-25-16-10-8-7-9-15(16)18-17(14(4)21-20(24)22-18)19(23)26-12-13(2)3/h7-10,13,18H,5-6,11-12H2,1-4H3,(H2,21,22,24). The summed E-state index contributed by atoms with van der Waals surface area (Å²) in [4.78, 5) is 24.7. The van der Waals surface area contributed by atoms with Gasteiger partial charge in [-0.05, 0) is 25.3 Å². The van der Waals surface area contributed by atoms with E-state index in [1.165, 1.54) is 0 Å². The van der Waals surface area contributed by atoms with Gasteiger partial charge in [-0.1, -0.05) is 45.4 Å². The number of carbonyl (C=O) groups is 2. The fourth-order valence-electron chi connectivity index (χ4n) is 2.69. The first-order valence-electron chi connectivity index (χ1n) is 9.11. The van der Waals surface area contributed by atoms with Crippen LogP contribution in [0, 0.1) is 5.92 Å². The van der Waals surface area contributed by atoms with Crippen LogP contribution in [0.1, 0.15) is 52.1 Å². The number of hydrogen-bond acceptors (Lipinski definition) is 4. The quantitative estimate of drug-likeness (QED) is 0.547. The zero-order chi connectivity index (χ0) is 19.1. The zero-order valence-corrected chi connectivity index (χ0v) is 15.9. The molecule has 1 atom stereocenters.